The van der Waals surface area contributed by atoms with Gasteiger partial charge in [0.25, 0.3) is 0 Å². The first kappa shape index (κ1) is 14.8. The number of nitrogens with zero attached hydrogens (tertiary/aromatic N) is 1. The highest BCUT2D eigenvalue weighted by atomic mass is 79.9. The molecule has 110 valence electrons. The Balaban J connectivity index is 2.10. The van der Waals surface area contributed by atoms with E-state index in [0.29, 0.717) is 0 Å². The third-order valence-electron chi connectivity index (χ3n) is 3.35. The van der Waals surface area contributed by atoms with Gasteiger partial charge in [-0.1, -0.05) is 60.7 Å². The normalized spacial score (nSPS) is 11.9. The number of benzene rings is 2. The van der Waals surface area contributed by atoms with Gasteiger partial charge in [-0.25, -0.2) is 4.98 Å². The lowest BCUT2D eigenvalue weighted by Crippen LogP contribution is -2.22. The zero-order valence-electron chi connectivity index (χ0n) is 11.9. The van der Waals surface area contributed by atoms with E-state index in [2.05, 4.69) is 56.6 Å². The number of alkyl halides is 1. The Morgan fingerprint density at radius 3 is 2.05 bits per heavy atom. The van der Waals surface area contributed by atoms with Crippen LogP contribution >= 0.6 is 15.9 Å². The molecule has 0 radical (unpaired) electrons. The molecule has 0 saturated heterocycles. The fourth-order valence-corrected chi connectivity index (χ4v) is 2.55. The van der Waals surface area contributed by atoms with Crippen molar-refractivity contribution in [3.63, 3.8) is 0 Å². The molecule has 0 aliphatic heterocycles. The molecule has 2 aromatic carbocycles. The Hall–Kier alpha value is -2.17. The van der Waals surface area contributed by atoms with Crippen molar-refractivity contribution in [1.82, 2.24) is 4.98 Å². The van der Waals surface area contributed by atoms with Crippen LogP contribution in [0.15, 0.2) is 72.9 Å². The van der Waals surface area contributed by atoms with Crippen LogP contribution in [0.1, 0.15) is 0 Å². The summed E-state index contributed by atoms with van der Waals surface area (Å²) < 4.78 is 0. The summed E-state index contributed by atoms with van der Waals surface area (Å²) in [5.74, 6) is 0.759. The first-order chi connectivity index (χ1) is 10.7. The van der Waals surface area contributed by atoms with Gasteiger partial charge in [0, 0.05) is 17.3 Å². The molecule has 0 spiro atoms. The van der Waals surface area contributed by atoms with Crippen molar-refractivity contribution in [2.75, 3.05) is 5.32 Å². The number of pyridine rings is 1. The predicted molar refractivity (Wildman–Crippen MR) is 95.6 cm³/mol. The topological polar surface area (TPSA) is 50.9 Å². The van der Waals surface area contributed by atoms with Gasteiger partial charge < -0.3 is 11.1 Å². The summed E-state index contributed by atoms with van der Waals surface area (Å²) in [7, 11) is 0. The van der Waals surface area contributed by atoms with Gasteiger partial charge in [-0.05, 0) is 33.1 Å². The maximum Gasteiger partial charge on any atom is 0.135 e. The highest BCUT2D eigenvalue weighted by Crippen LogP contribution is 2.31. The van der Waals surface area contributed by atoms with Gasteiger partial charge in [-0.2, -0.15) is 0 Å². The lowest BCUT2D eigenvalue weighted by atomic mass is 10.0. The van der Waals surface area contributed by atoms with Crippen LogP contribution in [0.4, 0.5) is 5.82 Å². The van der Waals surface area contributed by atoms with Crippen LogP contribution in [0.25, 0.3) is 22.3 Å². The number of rotatable bonds is 4. The van der Waals surface area contributed by atoms with E-state index in [-0.39, 0.29) is 5.08 Å². The fourth-order valence-electron chi connectivity index (χ4n) is 2.34. The SMILES string of the molecule is N[C@H](Br)Nc1ncc(-c2ccccc2)cc1-c1ccccc1. The van der Waals surface area contributed by atoms with Crippen LogP contribution in [0.5, 0.6) is 0 Å². The minimum absolute atomic E-state index is 0.343. The standard InChI is InChI=1S/C18H16BrN3/c19-18(20)22-17-16(14-9-5-2-6-10-14)11-15(12-21-17)13-7-3-1-4-8-13/h1-12,18H,20H2,(H,21,22)/t18-/m0/s1. The molecule has 3 N–H and O–H groups in total. The van der Waals surface area contributed by atoms with E-state index in [0.717, 1.165) is 28.1 Å². The number of nitrogens with one attached hydrogen (secondary N) is 1. The van der Waals surface area contributed by atoms with Crippen molar-refractivity contribution in [3.05, 3.63) is 72.9 Å². The molecule has 22 heavy (non-hydrogen) atoms. The van der Waals surface area contributed by atoms with Crippen LogP contribution in [0.2, 0.25) is 0 Å². The number of hydrogen-bond acceptors (Lipinski definition) is 3. The minimum atomic E-state index is -0.343. The second-order valence-corrected chi connectivity index (χ2v) is 5.88. The summed E-state index contributed by atoms with van der Waals surface area (Å²) in [6.45, 7) is 0. The lowest BCUT2D eigenvalue weighted by molar-refractivity contribution is 1.06. The van der Waals surface area contributed by atoms with Crippen molar-refractivity contribution < 1.29 is 0 Å². The zero-order valence-corrected chi connectivity index (χ0v) is 13.5. The van der Waals surface area contributed by atoms with E-state index < -0.39 is 0 Å². The van der Waals surface area contributed by atoms with Gasteiger partial charge in [-0.3, -0.25) is 0 Å². The van der Waals surface area contributed by atoms with Gasteiger partial charge in [0.05, 0.1) is 0 Å². The molecule has 1 heterocycles. The molecule has 0 saturated carbocycles. The molecule has 4 heteroatoms. The van der Waals surface area contributed by atoms with Crippen LogP contribution in [0, 0.1) is 0 Å². The molecule has 3 rings (SSSR count). The molecule has 3 nitrogen and oxygen atoms in total. The number of hydrogen-bond donors (Lipinski definition) is 2. The molecule has 0 aliphatic carbocycles. The molecule has 1 atom stereocenters. The third-order valence-corrected chi connectivity index (χ3v) is 3.58. The second kappa shape index (κ2) is 6.73. The van der Waals surface area contributed by atoms with Crippen molar-refractivity contribution in [3.8, 4) is 22.3 Å². The van der Waals surface area contributed by atoms with Gasteiger partial charge in [0.15, 0.2) is 0 Å². The van der Waals surface area contributed by atoms with Crippen molar-refractivity contribution in [2.24, 2.45) is 5.73 Å². The highest BCUT2D eigenvalue weighted by Gasteiger charge is 2.10. The smallest absolute Gasteiger partial charge is 0.135 e. The number of aromatic nitrogens is 1. The molecule has 1 aromatic heterocycles. The molecule has 3 aromatic rings. The maximum atomic E-state index is 5.79. The molecule has 0 aliphatic rings. The Morgan fingerprint density at radius 1 is 0.864 bits per heavy atom. The molecule has 0 unspecified atom stereocenters. The first-order valence-corrected chi connectivity index (χ1v) is 7.93. The van der Waals surface area contributed by atoms with Crippen LogP contribution < -0.4 is 11.1 Å². The lowest BCUT2D eigenvalue weighted by Gasteiger charge is -2.14. The van der Waals surface area contributed by atoms with Gasteiger partial charge >= 0.3 is 0 Å². The van der Waals surface area contributed by atoms with E-state index in [4.69, 9.17) is 5.73 Å². The average molecular weight is 354 g/mol. The second-order valence-electron chi connectivity index (χ2n) is 4.90. The number of nitrogens with two attached hydrogens (primary N) is 1. The zero-order chi connectivity index (χ0) is 15.4. The quantitative estimate of drug-likeness (QED) is 0.413. The summed E-state index contributed by atoms with van der Waals surface area (Å²) >= 11 is 3.31. The van der Waals surface area contributed by atoms with Crippen LogP contribution in [-0.2, 0) is 0 Å². The molecule has 0 bridgehead atoms. The molecule has 0 fully saturated rings. The van der Waals surface area contributed by atoms with E-state index in [1.165, 1.54) is 0 Å². The van der Waals surface area contributed by atoms with Crippen molar-refractivity contribution >= 4 is 21.7 Å². The maximum absolute atomic E-state index is 5.79. The molecular weight excluding hydrogens is 338 g/mol. The van der Waals surface area contributed by atoms with E-state index in [9.17, 15) is 0 Å². The summed E-state index contributed by atoms with van der Waals surface area (Å²) in [5, 5.41) is 2.79. The Kier molecular flexibility index (Phi) is 4.51. The van der Waals surface area contributed by atoms with E-state index in [1.807, 2.05) is 42.6 Å². The molecular formula is C18H16BrN3. The summed E-state index contributed by atoms with van der Waals surface area (Å²) in [4.78, 5) is 4.55. The highest BCUT2D eigenvalue weighted by molar-refractivity contribution is 9.09. The number of halogens is 1. The fraction of sp³-hybridized carbons (Fsp3) is 0.0556. The average Bonchev–Trinajstić information content (AvgIpc) is 2.56. The predicted octanol–water partition coefficient (Wildman–Crippen LogP) is 4.46. The van der Waals surface area contributed by atoms with Gasteiger partial charge in [-0.15, -0.1) is 0 Å². The van der Waals surface area contributed by atoms with Crippen LogP contribution in [0.3, 0.4) is 0 Å². The van der Waals surface area contributed by atoms with Crippen LogP contribution in [-0.4, -0.2) is 10.1 Å². The molecule has 0 amide bonds. The summed E-state index contributed by atoms with van der Waals surface area (Å²) in [5.41, 5.74) is 10.1. The Labute approximate surface area is 138 Å². The van der Waals surface area contributed by atoms with E-state index >= 15 is 0 Å². The Morgan fingerprint density at radius 2 is 1.45 bits per heavy atom. The first-order valence-electron chi connectivity index (χ1n) is 7.01. The third kappa shape index (κ3) is 3.35. The largest absolute Gasteiger partial charge is 0.345 e. The minimum Gasteiger partial charge on any atom is -0.345 e. The van der Waals surface area contributed by atoms with E-state index in [1.54, 1.807) is 0 Å². The summed E-state index contributed by atoms with van der Waals surface area (Å²) in [6.07, 6.45) is 1.86. The number of anilines is 1. The van der Waals surface area contributed by atoms with Crippen molar-refractivity contribution in [1.29, 1.82) is 0 Å². The monoisotopic (exact) mass is 353 g/mol. The van der Waals surface area contributed by atoms with Crippen molar-refractivity contribution in [2.45, 2.75) is 5.08 Å². The summed E-state index contributed by atoms with van der Waals surface area (Å²) in [6, 6.07) is 22.5. The van der Waals surface area contributed by atoms with Gasteiger partial charge in [0.1, 0.15) is 10.9 Å². The van der Waals surface area contributed by atoms with Gasteiger partial charge in [0.2, 0.25) is 0 Å². The Bertz CT molecular complexity index is 743.